The van der Waals surface area contributed by atoms with Crippen LogP contribution in [0.25, 0.3) is 0 Å². The molecule has 0 saturated carbocycles. The first-order chi connectivity index (χ1) is 8.17. The van der Waals surface area contributed by atoms with E-state index in [2.05, 4.69) is 61.2 Å². The molecule has 96 valence electrons. The summed E-state index contributed by atoms with van der Waals surface area (Å²) in [5.41, 5.74) is 1.55. The molecule has 0 saturated heterocycles. The third-order valence-electron chi connectivity index (χ3n) is 3.67. The second kappa shape index (κ2) is 10.2. The monoisotopic (exact) mass is 288 g/mol. The zero-order valence-electron chi connectivity index (χ0n) is 11.1. The number of hydrogen-bond donors (Lipinski definition) is 0. The fraction of sp³-hybridized carbons (Fsp3) is 0.538. The van der Waals surface area contributed by atoms with Gasteiger partial charge in [-0.05, 0) is 0 Å². The zero-order valence-corrected chi connectivity index (χ0v) is 14.0. The summed E-state index contributed by atoms with van der Waals surface area (Å²) in [6, 6.07) is 11.0. The molecule has 0 heterocycles. The predicted octanol–water partition coefficient (Wildman–Crippen LogP) is 4.19. The topological polar surface area (TPSA) is 17.1 Å². The molecule has 0 aliphatic carbocycles. The van der Waals surface area contributed by atoms with Crippen LogP contribution in [0.1, 0.15) is 26.3 Å². The minimum absolute atomic E-state index is 0.958. The molecule has 1 aromatic rings. The average Bonchev–Trinajstić information content (AvgIpc) is 2.38. The fourth-order valence-corrected chi connectivity index (χ4v) is 5.51. The molecule has 0 aromatic heterocycles. The molecule has 0 spiro atoms. The third-order valence-corrected chi connectivity index (χ3v) is 9.33. The van der Waals surface area contributed by atoms with E-state index < -0.39 is 21.5 Å². The summed E-state index contributed by atoms with van der Waals surface area (Å²) in [4.78, 5) is 0. The molecule has 0 unspecified atom stereocenters. The van der Waals surface area contributed by atoms with E-state index in [1.165, 1.54) is 24.6 Å². The minimum atomic E-state index is -1.03. The summed E-state index contributed by atoms with van der Waals surface area (Å²) in [7, 11) is 3.57. The van der Waals surface area contributed by atoms with Crippen molar-refractivity contribution in [2.75, 3.05) is 18.5 Å². The van der Waals surface area contributed by atoms with Crippen LogP contribution in [0.2, 0.25) is 0 Å². The van der Waals surface area contributed by atoms with Crippen molar-refractivity contribution in [2.24, 2.45) is 0 Å². The molecule has 0 fully saturated rings. The molecule has 1 rings (SSSR count). The Labute approximate surface area is 116 Å². The Morgan fingerprint density at radius 2 is 1.47 bits per heavy atom. The summed E-state index contributed by atoms with van der Waals surface area (Å²) in [5, 5.41) is 0. The number of hydrogen-bond acceptors (Lipinski definition) is 1. The first kappa shape index (κ1) is 17.3. The number of benzene rings is 1. The SMILES string of the molecule is CC[PH](CC)(CC)Cc1ccccc1.[O]=[Al][Cl]. The third kappa shape index (κ3) is 6.68. The van der Waals surface area contributed by atoms with Crippen molar-refractivity contribution in [1.82, 2.24) is 0 Å². The van der Waals surface area contributed by atoms with Gasteiger partial charge in [-0.2, -0.15) is 0 Å². The van der Waals surface area contributed by atoms with Crippen molar-refractivity contribution in [1.29, 1.82) is 0 Å². The first-order valence-electron chi connectivity index (χ1n) is 6.25. The molecule has 1 aromatic carbocycles. The Bertz CT molecular complexity index is 293. The van der Waals surface area contributed by atoms with Gasteiger partial charge in [-0.1, -0.05) is 0 Å². The van der Waals surface area contributed by atoms with Crippen molar-refractivity contribution >= 4 is 31.5 Å². The van der Waals surface area contributed by atoms with Gasteiger partial charge in [0.05, 0.1) is 0 Å². The van der Waals surface area contributed by atoms with Crippen LogP contribution in [0.15, 0.2) is 30.3 Å². The number of rotatable bonds is 5. The van der Waals surface area contributed by atoms with Crippen LogP contribution in [0.4, 0.5) is 0 Å². The molecular weight excluding hydrogens is 266 g/mol. The Morgan fingerprint density at radius 3 is 1.82 bits per heavy atom. The van der Waals surface area contributed by atoms with Gasteiger partial charge >= 0.3 is 117 Å². The van der Waals surface area contributed by atoms with Crippen LogP contribution in [-0.2, 0) is 9.97 Å². The van der Waals surface area contributed by atoms with Crippen LogP contribution in [0, 0.1) is 0 Å². The Balaban J connectivity index is 0.000000770. The molecule has 0 radical (unpaired) electrons. The van der Waals surface area contributed by atoms with Gasteiger partial charge in [-0.25, -0.2) is 0 Å². The zero-order chi connectivity index (χ0) is 13.1. The summed E-state index contributed by atoms with van der Waals surface area (Å²) < 4.78 is 8.78. The van der Waals surface area contributed by atoms with Gasteiger partial charge < -0.3 is 0 Å². The van der Waals surface area contributed by atoms with Crippen LogP contribution in [-0.4, -0.2) is 32.7 Å². The van der Waals surface area contributed by atoms with E-state index in [0.717, 1.165) is 0 Å². The number of halogens is 1. The van der Waals surface area contributed by atoms with Gasteiger partial charge in [0.2, 0.25) is 0 Å². The molecule has 0 aliphatic rings. The molecule has 0 bridgehead atoms. The molecule has 0 N–H and O–H groups in total. The van der Waals surface area contributed by atoms with Crippen molar-refractivity contribution in [2.45, 2.75) is 26.9 Å². The Kier molecular flexibility index (Phi) is 10.4. The predicted molar refractivity (Wildman–Crippen MR) is 82.4 cm³/mol. The summed E-state index contributed by atoms with van der Waals surface area (Å²) in [6.07, 6.45) is 5.65. The van der Waals surface area contributed by atoms with Crippen LogP contribution in [0.5, 0.6) is 0 Å². The average molecular weight is 289 g/mol. The summed E-state index contributed by atoms with van der Waals surface area (Å²) in [5.74, 6) is 0. The van der Waals surface area contributed by atoms with E-state index in [4.69, 9.17) is 3.80 Å². The Hall–Kier alpha value is 0.272. The normalized spacial score (nSPS) is 11.1. The molecule has 1 nitrogen and oxygen atoms in total. The van der Waals surface area contributed by atoms with Gasteiger partial charge in [-0.3, -0.25) is 0 Å². The molecule has 17 heavy (non-hydrogen) atoms. The van der Waals surface area contributed by atoms with Crippen molar-refractivity contribution < 1.29 is 3.80 Å². The molecule has 4 heteroatoms. The molecule has 0 aliphatic heterocycles. The van der Waals surface area contributed by atoms with Gasteiger partial charge in [-0.15, -0.1) is 0 Å². The summed E-state index contributed by atoms with van der Waals surface area (Å²) >= 11 is -1.03. The quantitative estimate of drug-likeness (QED) is 0.586. The molecule has 0 atom stereocenters. The standard InChI is InChI=1S/C13H23P.Al.ClH.O/c1-4-14(5-2,6-3)12-13-10-8-7-9-11-13;;;/h7-11,14H,4-6,12H2,1-3H3;;1H;/q;+1;;/p-1. The van der Waals surface area contributed by atoms with Crippen molar-refractivity contribution in [3.05, 3.63) is 35.9 Å². The van der Waals surface area contributed by atoms with E-state index in [-0.39, 0.29) is 0 Å². The fourth-order valence-electron chi connectivity index (χ4n) is 2.15. The maximum atomic E-state index is 8.78. The van der Waals surface area contributed by atoms with E-state index in [0.29, 0.717) is 0 Å². The van der Waals surface area contributed by atoms with Crippen LogP contribution >= 0.6 is 17.3 Å². The Morgan fingerprint density at radius 1 is 1.06 bits per heavy atom. The van der Waals surface area contributed by atoms with Crippen LogP contribution in [0.3, 0.4) is 0 Å². The van der Waals surface area contributed by atoms with Crippen LogP contribution < -0.4 is 0 Å². The van der Waals surface area contributed by atoms with E-state index in [1.54, 1.807) is 5.56 Å². The summed E-state index contributed by atoms with van der Waals surface area (Å²) in [6.45, 7) is 7.13. The van der Waals surface area contributed by atoms with E-state index >= 15 is 0 Å². The first-order valence-corrected chi connectivity index (χ1v) is 11.3. The second-order valence-electron chi connectivity index (χ2n) is 4.31. The van der Waals surface area contributed by atoms with E-state index in [1.807, 2.05) is 0 Å². The van der Waals surface area contributed by atoms with E-state index in [9.17, 15) is 0 Å². The van der Waals surface area contributed by atoms with Crippen molar-refractivity contribution in [3.63, 3.8) is 0 Å². The molecular formula is C13H23AlClOP. The van der Waals surface area contributed by atoms with Crippen molar-refractivity contribution in [3.8, 4) is 0 Å². The van der Waals surface area contributed by atoms with Gasteiger partial charge in [0.15, 0.2) is 0 Å². The molecule has 0 amide bonds. The van der Waals surface area contributed by atoms with Gasteiger partial charge in [0, 0.05) is 0 Å². The van der Waals surface area contributed by atoms with Gasteiger partial charge in [0.1, 0.15) is 0 Å². The maximum absolute atomic E-state index is 8.78. The van der Waals surface area contributed by atoms with Gasteiger partial charge in [0.25, 0.3) is 0 Å². The second-order valence-corrected chi connectivity index (χ2v) is 10.5.